The van der Waals surface area contributed by atoms with E-state index in [0.29, 0.717) is 17.8 Å². The predicted octanol–water partition coefficient (Wildman–Crippen LogP) is 3.13. The molecule has 2 aliphatic carbocycles. The first-order valence-electron chi connectivity index (χ1n) is 8.97. The van der Waals surface area contributed by atoms with Crippen molar-refractivity contribution in [1.82, 2.24) is 0 Å². The van der Waals surface area contributed by atoms with Crippen molar-refractivity contribution in [2.45, 2.75) is 26.7 Å². The number of allylic oxidation sites excluding steroid dienone is 2. The molecule has 2 amide bonds. The van der Waals surface area contributed by atoms with Crippen LogP contribution in [0.4, 0.5) is 11.4 Å². The third kappa shape index (κ3) is 3.79. The number of amides is 2. The van der Waals surface area contributed by atoms with Crippen LogP contribution < -0.4 is 10.6 Å². The Balaban J connectivity index is 1.62. The molecule has 0 heterocycles. The minimum atomic E-state index is -0.912. The summed E-state index contributed by atoms with van der Waals surface area (Å²) >= 11 is 0. The molecule has 0 radical (unpaired) electrons. The fourth-order valence-electron chi connectivity index (χ4n) is 3.96. The standard InChI is InChI=1S/C20H24N2O4/c1-11(2)9-16(23)21-14-5-7-15(8-6-14)22-19(24)17-12-3-4-13(10-12)18(17)20(25)26/h3-8,11-13,17-18H,9-10H2,1-2H3,(H,21,23)(H,22,24)(H,25,26)/t12-,13-,17+,18-/m0/s1. The number of carbonyl (C=O) groups is 3. The summed E-state index contributed by atoms with van der Waals surface area (Å²) in [7, 11) is 0. The first-order chi connectivity index (χ1) is 12.3. The van der Waals surface area contributed by atoms with Crippen LogP contribution in [0.25, 0.3) is 0 Å². The first kappa shape index (κ1) is 18.2. The lowest BCUT2D eigenvalue weighted by Gasteiger charge is -2.23. The van der Waals surface area contributed by atoms with Crippen molar-refractivity contribution in [2.24, 2.45) is 29.6 Å². The zero-order chi connectivity index (χ0) is 18.8. The Morgan fingerprint density at radius 1 is 1.00 bits per heavy atom. The third-order valence-corrected chi connectivity index (χ3v) is 5.08. The van der Waals surface area contributed by atoms with Gasteiger partial charge in [-0.05, 0) is 48.4 Å². The first-order valence-corrected chi connectivity index (χ1v) is 8.97. The van der Waals surface area contributed by atoms with Gasteiger partial charge in [0.15, 0.2) is 0 Å². The Morgan fingerprint density at radius 2 is 1.54 bits per heavy atom. The summed E-state index contributed by atoms with van der Waals surface area (Å²) in [6.45, 7) is 3.96. The zero-order valence-corrected chi connectivity index (χ0v) is 14.9. The highest BCUT2D eigenvalue weighted by Crippen LogP contribution is 2.48. The molecule has 1 fully saturated rings. The molecule has 6 heteroatoms. The van der Waals surface area contributed by atoms with Crippen molar-refractivity contribution < 1.29 is 19.5 Å². The number of carboxylic acids is 1. The molecule has 0 spiro atoms. The number of benzene rings is 1. The lowest BCUT2D eigenvalue weighted by molar-refractivity contribution is -0.146. The van der Waals surface area contributed by atoms with Gasteiger partial charge in [-0.15, -0.1) is 0 Å². The van der Waals surface area contributed by atoms with Gasteiger partial charge in [-0.2, -0.15) is 0 Å². The smallest absolute Gasteiger partial charge is 0.307 e. The van der Waals surface area contributed by atoms with E-state index < -0.39 is 17.8 Å². The molecule has 2 aliphatic rings. The summed E-state index contributed by atoms with van der Waals surface area (Å²) in [6, 6.07) is 6.87. The highest BCUT2D eigenvalue weighted by Gasteiger charge is 2.51. The summed E-state index contributed by atoms with van der Waals surface area (Å²) < 4.78 is 0. The Morgan fingerprint density at radius 3 is 2.08 bits per heavy atom. The Kier molecular flexibility index (Phi) is 5.11. The molecule has 2 bridgehead atoms. The van der Waals surface area contributed by atoms with Crippen LogP contribution in [0, 0.1) is 29.6 Å². The summed E-state index contributed by atoms with van der Waals surface area (Å²) in [4.78, 5) is 35.9. The summed E-state index contributed by atoms with van der Waals surface area (Å²) in [5.74, 6) is -2.17. The quantitative estimate of drug-likeness (QED) is 0.682. The monoisotopic (exact) mass is 356 g/mol. The molecule has 1 aromatic rings. The average molecular weight is 356 g/mol. The van der Waals surface area contributed by atoms with Crippen LogP contribution in [0.15, 0.2) is 36.4 Å². The molecule has 0 aliphatic heterocycles. The lowest BCUT2D eigenvalue weighted by Crippen LogP contribution is -2.36. The Labute approximate surface area is 152 Å². The number of nitrogens with one attached hydrogen (secondary N) is 2. The fourth-order valence-corrected chi connectivity index (χ4v) is 3.96. The molecule has 0 unspecified atom stereocenters. The molecule has 26 heavy (non-hydrogen) atoms. The van der Waals surface area contributed by atoms with Gasteiger partial charge in [0.1, 0.15) is 0 Å². The molecule has 4 atom stereocenters. The second-order valence-corrected chi connectivity index (χ2v) is 7.55. The van der Waals surface area contributed by atoms with E-state index in [1.54, 1.807) is 24.3 Å². The van der Waals surface area contributed by atoms with Gasteiger partial charge in [-0.3, -0.25) is 14.4 Å². The van der Waals surface area contributed by atoms with Crippen molar-refractivity contribution >= 4 is 29.2 Å². The van der Waals surface area contributed by atoms with Crippen molar-refractivity contribution in [3.8, 4) is 0 Å². The maximum Gasteiger partial charge on any atom is 0.307 e. The number of anilines is 2. The predicted molar refractivity (Wildman–Crippen MR) is 98.5 cm³/mol. The van der Waals surface area contributed by atoms with Gasteiger partial charge in [0.25, 0.3) is 0 Å². The van der Waals surface area contributed by atoms with Crippen molar-refractivity contribution in [3.05, 3.63) is 36.4 Å². The van der Waals surface area contributed by atoms with Crippen molar-refractivity contribution in [1.29, 1.82) is 0 Å². The maximum atomic E-state index is 12.6. The van der Waals surface area contributed by atoms with Crippen LogP contribution in [0.5, 0.6) is 0 Å². The molecule has 6 nitrogen and oxygen atoms in total. The van der Waals surface area contributed by atoms with E-state index in [1.807, 2.05) is 26.0 Å². The van der Waals surface area contributed by atoms with E-state index in [9.17, 15) is 19.5 Å². The van der Waals surface area contributed by atoms with Gasteiger partial charge in [0.2, 0.25) is 11.8 Å². The molecule has 3 rings (SSSR count). The number of hydrogen-bond donors (Lipinski definition) is 3. The third-order valence-electron chi connectivity index (χ3n) is 5.08. The van der Waals surface area contributed by atoms with E-state index in [-0.39, 0.29) is 29.6 Å². The van der Waals surface area contributed by atoms with Gasteiger partial charge in [0.05, 0.1) is 11.8 Å². The van der Waals surface area contributed by atoms with Gasteiger partial charge in [-0.1, -0.05) is 26.0 Å². The zero-order valence-electron chi connectivity index (χ0n) is 14.9. The van der Waals surface area contributed by atoms with Crippen LogP contribution >= 0.6 is 0 Å². The molecule has 1 aromatic carbocycles. The van der Waals surface area contributed by atoms with E-state index in [0.717, 1.165) is 6.42 Å². The average Bonchev–Trinajstić information content (AvgIpc) is 3.16. The number of carboxylic acid groups (broad SMARTS) is 1. The lowest BCUT2D eigenvalue weighted by atomic mass is 9.82. The van der Waals surface area contributed by atoms with E-state index in [1.165, 1.54) is 0 Å². The van der Waals surface area contributed by atoms with Crippen LogP contribution in [0.2, 0.25) is 0 Å². The van der Waals surface area contributed by atoms with Gasteiger partial charge >= 0.3 is 5.97 Å². The summed E-state index contributed by atoms with van der Waals surface area (Å²) in [5.41, 5.74) is 1.26. The second kappa shape index (κ2) is 7.32. The highest BCUT2D eigenvalue weighted by atomic mass is 16.4. The van der Waals surface area contributed by atoms with E-state index >= 15 is 0 Å². The van der Waals surface area contributed by atoms with Crippen LogP contribution in [0.1, 0.15) is 26.7 Å². The largest absolute Gasteiger partial charge is 0.481 e. The minimum absolute atomic E-state index is 0.00399. The number of aliphatic carboxylic acids is 1. The topological polar surface area (TPSA) is 95.5 Å². The molecule has 138 valence electrons. The number of fused-ring (bicyclic) bond motifs is 2. The molecule has 3 N–H and O–H groups in total. The molecule has 0 aromatic heterocycles. The highest BCUT2D eigenvalue weighted by molar-refractivity contribution is 5.97. The normalized spacial score (nSPS) is 26.1. The van der Waals surface area contributed by atoms with Crippen molar-refractivity contribution in [2.75, 3.05) is 10.6 Å². The molecule has 1 saturated carbocycles. The van der Waals surface area contributed by atoms with Crippen LogP contribution in [-0.2, 0) is 14.4 Å². The molecular formula is C20H24N2O4. The van der Waals surface area contributed by atoms with Crippen LogP contribution in [0.3, 0.4) is 0 Å². The fraction of sp³-hybridized carbons (Fsp3) is 0.450. The Hall–Kier alpha value is -2.63. The molecule has 0 saturated heterocycles. The van der Waals surface area contributed by atoms with Gasteiger partial charge < -0.3 is 15.7 Å². The van der Waals surface area contributed by atoms with Gasteiger partial charge in [-0.25, -0.2) is 0 Å². The molecular weight excluding hydrogens is 332 g/mol. The number of hydrogen-bond acceptors (Lipinski definition) is 3. The summed E-state index contributed by atoms with van der Waals surface area (Å²) in [5, 5.41) is 15.1. The van der Waals surface area contributed by atoms with Crippen molar-refractivity contribution in [3.63, 3.8) is 0 Å². The Bertz CT molecular complexity index is 739. The number of carbonyl (C=O) groups excluding carboxylic acids is 2. The van der Waals surface area contributed by atoms with E-state index in [4.69, 9.17) is 0 Å². The SMILES string of the molecule is CC(C)CC(=O)Nc1ccc(NC(=O)[C@H]2[C@@H](C(=O)O)[C@H]3C=C[C@H]2C3)cc1. The van der Waals surface area contributed by atoms with E-state index in [2.05, 4.69) is 10.6 Å². The summed E-state index contributed by atoms with van der Waals surface area (Å²) in [6.07, 6.45) is 5.06. The maximum absolute atomic E-state index is 12.6. The minimum Gasteiger partial charge on any atom is -0.481 e. The van der Waals surface area contributed by atoms with Crippen LogP contribution in [-0.4, -0.2) is 22.9 Å². The number of rotatable bonds is 6. The van der Waals surface area contributed by atoms with Gasteiger partial charge in [0, 0.05) is 17.8 Å². The second-order valence-electron chi connectivity index (χ2n) is 7.55.